The van der Waals surface area contributed by atoms with Crippen molar-refractivity contribution in [2.75, 3.05) is 0 Å². The zero-order valence-electron chi connectivity index (χ0n) is 5.94. The molecule has 0 heterocycles. The molecular formula is C8H7ClF2. The average molecular weight is 177 g/mol. The lowest BCUT2D eigenvalue weighted by Gasteiger charge is -2.02. The van der Waals surface area contributed by atoms with Crippen molar-refractivity contribution in [3.8, 4) is 0 Å². The molecule has 0 N–H and O–H groups in total. The van der Waals surface area contributed by atoms with Crippen LogP contribution in [0.15, 0.2) is 18.2 Å². The molecule has 1 aromatic rings. The van der Waals surface area contributed by atoms with Crippen LogP contribution in [0.1, 0.15) is 17.6 Å². The van der Waals surface area contributed by atoms with E-state index >= 15 is 0 Å². The Balaban J connectivity index is 3.09. The summed E-state index contributed by atoms with van der Waals surface area (Å²) in [7, 11) is 0. The van der Waals surface area contributed by atoms with Gasteiger partial charge in [-0.25, -0.2) is 8.78 Å². The van der Waals surface area contributed by atoms with E-state index in [1.165, 1.54) is 12.1 Å². The van der Waals surface area contributed by atoms with Gasteiger partial charge in [-0.15, -0.1) is 0 Å². The van der Waals surface area contributed by atoms with E-state index in [1.807, 2.05) is 0 Å². The van der Waals surface area contributed by atoms with Crippen molar-refractivity contribution in [2.45, 2.75) is 13.3 Å². The summed E-state index contributed by atoms with van der Waals surface area (Å²) in [6.07, 6.45) is -2.48. The Bertz CT molecular complexity index is 258. The molecule has 0 bridgehead atoms. The normalized spacial score (nSPS) is 10.6. The van der Waals surface area contributed by atoms with E-state index in [0.717, 1.165) is 5.56 Å². The fourth-order valence-electron chi connectivity index (χ4n) is 0.809. The highest BCUT2D eigenvalue weighted by Gasteiger charge is 2.10. The van der Waals surface area contributed by atoms with Crippen LogP contribution >= 0.6 is 11.6 Å². The van der Waals surface area contributed by atoms with Crippen molar-refractivity contribution in [1.29, 1.82) is 0 Å². The summed E-state index contributed by atoms with van der Waals surface area (Å²) in [5.74, 6) is 0. The molecule has 0 spiro atoms. The average Bonchev–Trinajstić information content (AvgIpc) is 1.85. The zero-order valence-corrected chi connectivity index (χ0v) is 6.70. The second-order valence-corrected chi connectivity index (χ2v) is 2.73. The van der Waals surface area contributed by atoms with Crippen LogP contribution in [-0.2, 0) is 0 Å². The van der Waals surface area contributed by atoms with Gasteiger partial charge in [-0.05, 0) is 18.6 Å². The van der Waals surface area contributed by atoms with Gasteiger partial charge in [-0.2, -0.15) is 0 Å². The number of hydrogen-bond donors (Lipinski definition) is 0. The van der Waals surface area contributed by atoms with Crippen molar-refractivity contribution >= 4 is 11.6 Å². The third-order valence-electron chi connectivity index (χ3n) is 1.39. The summed E-state index contributed by atoms with van der Waals surface area (Å²) >= 11 is 5.54. The molecule has 0 atom stereocenters. The zero-order chi connectivity index (χ0) is 8.43. The van der Waals surface area contributed by atoms with Crippen molar-refractivity contribution in [3.05, 3.63) is 34.3 Å². The van der Waals surface area contributed by atoms with Gasteiger partial charge < -0.3 is 0 Å². The van der Waals surface area contributed by atoms with Gasteiger partial charge in [0.1, 0.15) is 0 Å². The molecule has 11 heavy (non-hydrogen) atoms. The van der Waals surface area contributed by atoms with Crippen LogP contribution in [0.4, 0.5) is 8.78 Å². The van der Waals surface area contributed by atoms with Crippen LogP contribution in [0, 0.1) is 6.92 Å². The molecule has 0 aromatic heterocycles. The van der Waals surface area contributed by atoms with Crippen LogP contribution in [0.5, 0.6) is 0 Å². The molecule has 0 radical (unpaired) electrons. The smallest absolute Gasteiger partial charge is 0.205 e. The predicted molar refractivity (Wildman–Crippen MR) is 41.1 cm³/mol. The van der Waals surface area contributed by atoms with Gasteiger partial charge in [0.2, 0.25) is 0 Å². The number of benzene rings is 1. The van der Waals surface area contributed by atoms with Gasteiger partial charge in [0.15, 0.2) is 0 Å². The van der Waals surface area contributed by atoms with Crippen LogP contribution in [0.3, 0.4) is 0 Å². The minimum absolute atomic E-state index is 0.0998. The van der Waals surface area contributed by atoms with Gasteiger partial charge in [-0.3, -0.25) is 0 Å². The number of alkyl halides is 2. The topological polar surface area (TPSA) is 0 Å². The van der Waals surface area contributed by atoms with Crippen LogP contribution in [-0.4, -0.2) is 0 Å². The Morgan fingerprint density at radius 2 is 2.00 bits per heavy atom. The lowest BCUT2D eigenvalue weighted by molar-refractivity contribution is 0.151. The standard InChI is InChI=1S/C8H7ClF2/c1-5-2-3-6(8(10)11)7(9)4-5/h2-4,8H,1H3. The number of rotatable bonds is 1. The molecule has 60 valence electrons. The highest BCUT2D eigenvalue weighted by Crippen LogP contribution is 2.27. The molecule has 0 saturated carbocycles. The fourth-order valence-corrected chi connectivity index (χ4v) is 1.13. The van der Waals surface area contributed by atoms with Gasteiger partial charge in [0.05, 0.1) is 0 Å². The highest BCUT2D eigenvalue weighted by atomic mass is 35.5. The summed E-state index contributed by atoms with van der Waals surface area (Å²) in [4.78, 5) is 0. The predicted octanol–water partition coefficient (Wildman–Crippen LogP) is 3.59. The Morgan fingerprint density at radius 3 is 2.45 bits per heavy atom. The molecule has 0 fully saturated rings. The molecular weight excluding hydrogens is 170 g/mol. The van der Waals surface area contributed by atoms with Crippen molar-refractivity contribution in [1.82, 2.24) is 0 Å². The maximum Gasteiger partial charge on any atom is 0.265 e. The molecule has 0 aliphatic carbocycles. The summed E-state index contributed by atoms with van der Waals surface area (Å²) in [5, 5.41) is 0.139. The van der Waals surface area contributed by atoms with Crippen LogP contribution in [0.2, 0.25) is 5.02 Å². The minimum Gasteiger partial charge on any atom is -0.205 e. The van der Waals surface area contributed by atoms with Crippen molar-refractivity contribution < 1.29 is 8.78 Å². The van der Waals surface area contributed by atoms with E-state index in [0.29, 0.717) is 0 Å². The first-order chi connectivity index (χ1) is 5.11. The SMILES string of the molecule is Cc1ccc(C(F)F)c(Cl)c1. The first-order valence-corrected chi connectivity index (χ1v) is 3.53. The maximum absolute atomic E-state index is 12.1. The molecule has 3 heteroatoms. The molecule has 1 rings (SSSR count). The van der Waals surface area contributed by atoms with Gasteiger partial charge in [-0.1, -0.05) is 23.7 Å². The first kappa shape index (κ1) is 8.47. The van der Waals surface area contributed by atoms with E-state index in [4.69, 9.17) is 11.6 Å². The summed E-state index contributed by atoms with van der Waals surface area (Å²) < 4.78 is 24.2. The Kier molecular flexibility index (Phi) is 2.45. The second kappa shape index (κ2) is 3.18. The lowest BCUT2D eigenvalue weighted by Crippen LogP contribution is -1.85. The van der Waals surface area contributed by atoms with E-state index in [9.17, 15) is 8.78 Å². The molecule has 0 amide bonds. The Labute approximate surface area is 68.8 Å². The maximum atomic E-state index is 12.1. The second-order valence-electron chi connectivity index (χ2n) is 2.33. The quantitative estimate of drug-likeness (QED) is 0.614. The van der Waals surface area contributed by atoms with Gasteiger partial charge in [0, 0.05) is 10.6 Å². The number of hydrogen-bond acceptors (Lipinski definition) is 0. The summed E-state index contributed by atoms with van der Waals surface area (Å²) in [5.41, 5.74) is 0.789. The third kappa shape index (κ3) is 1.90. The molecule has 0 nitrogen and oxygen atoms in total. The number of aryl methyl sites for hydroxylation is 1. The Hall–Kier alpha value is -0.630. The minimum atomic E-state index is -2.48. The van der Waals surface area contributed by atoms with Crippen LogP contribution < -0.4 is 0 Å². The summed E-state index contributed by atoms with van der Waals surface area (Å²) in [6, 6.07) is 4.50. The molecule has 1 aromatic carbocycles. The van der Waals surface area contributed by atoms with Gasteiger partial charge >= 0.3 is 0 Å². The van der Waals surface area contributed by atoms with Crippen LogP contribution in [0.25, 0.3) is 0 Å². The van der Waals surface area contributed by atoms with Gasteiger partial charge in [0.25, 0.3) is 6.43 Å². The van der Waals surface area contributed by atoms with E-state index in [2.05, 4.69) is 0 Å². The Morgan fingerprint density at radius 1 is 1.36 bits per heavy atom. The van der Waals surface area contributed by atoms with E-state index in [1.54, 1.807) is 13.0 Å². The van der Waals surface area contributed by atoms with Crippen molar-refractivity contribution in [3.63, 3.8) is 0 Å². The largest absolute Gasteiger partial charge is 0.265 e. The van der Waals surface area contributed by atoms with E-state index < -0.39 is 6.43 Å². The first-order valence-electron chi connectivity index (χ1n) is 3.15. The van der Waals surface area contributed by atoms with Crippen molar-refractivity contribution in [2.24, 2.45) is 0 Å². The number of halogens is 3. The van der Waals surface area contributed by atoms with E-state index in [-0.39, 0.29) is 10.6 Å². The fraction of sp³-hybridized carbons (Fsp3) is 0.250. The molecule has 0 aliphatic heterocycles. The molecule has 0 aliphatic rings. The lowest BCUT2D eigenvalue weighted by atomic mass is 10.1. The summed E-state index contributed by atoms with van der Waals surface area (Å²) in [6.45, 7) is 1.81. The highest BCUT2D eigenvalue weighted by molar-refractivity contribution is 6.31. The molecule has 0 unspecified atom stereocenters. The third-order valence-corrected chi connectivity index (χ3v) is 1.72. The monoisotopic (exact) mass is 176 g/mol. The molecule has 0 saturated heterocycles.